The third-order valence-corrected chi connectivity index (χ3v) is 4.46. The highest BCUT2D eigenvalue weighted by Crippen LogP contribution is 2.27. The summed E-state index contributed by atoms with van der Waals surface area (Å²) in [5.74, 6) is 0.137. The minimum atomic E-state index is 0. The van der Waals surface area contributed by atoms with Crippen LogP contribution < -0.4 is 5.32 Å². The Kier molecular flexibility index (Phi) is 6.86. The summed E-state index contributed by atoms with van der Waals surface area (Å²) in [4.78, 5) is 15.6. The van der Waals surface area contributed by atoms with Gasteiger partial charge in [-0.05, 0) is 25.1 Å². The molecular weight excluding hydrogens is 292 g/mol. The maximum atomic E-state index is 12.6. The summed E-state index contributed by atoms with van der Waals surface area (Å²) >= 11 is 1.75. The maximum absolute atomic E-state index is 12.6. The van der Waals surface area contributed by atoms with E-state index in [1.807, 2.05) is 36.2 Å². The fourth-order valence-electron chi connectivity index (χ4n) is 2.33. The molecule has 0 aromatic heterocycles. The van der Waals surface area contributed by atoms with Crippen LogP contribution >= 0.6 is 24.2 Å². The lowest BCUT2D eigenvalue weighted by molar-refractivity contribution is 0.0740. The van der Waals surface area contributed by atoms with Crippen LogP contribution in [0, 0.1) is 0 Å². The van der Waals surface area contributed by atoms with Gasteiger partial charge in [-0.15, -0.1) is 24.2 Å². The molecule has 1 heterocycles. The number of carbonyl (C=O) groups excluding carboxylic acids is 1. The molecule has 1 atom stereocenters. The molecule has 1 aliphatic rings. The van der Waals surface area contributed by atoms with E-state index in [1.54, 1.807) is 11.8 Å². The van der Waals surface area contributed by atoms with Crippen LogP contribution in [0.4, 0.5) is 0 Å². The lowest BCUT2D eigenvalue weighted by Gasteiger charge is -2.25. The van der Waals surface area contributed by atoms with Crippen molar-refractivity contribution in [2.45, 2.75) is 36.5 Å². The van der Waals surface area contributed by atoms with Crippen molar-refractivity contribution in [1.29, 1.82) is 0 Å². The first-order valence-electron chi connectivity index (χ1n) is 6.83. The second-order valence-electron chi connectivity index (χ2n) is 5.23. The van der Waals surface area contributed by atoms with Gasteiger partial charge in [-0.25, -0.2) is 0 Å². The Balaban J connectivity index is 0.00000200. The van der Waals surface area contributed by atoms with Gasteiger partial charge in [-0.2, -0.15) is 0 Å². The van der Waals surface area contributed by atoms with Gasteiger partial charge in [0.05, 0.1) is 5.56 Å². The van der Waals surface area contributed by atoms with Crippen molar-refractivity contribution in [3.63, 3.8) is 0 Å². The monoisotopic (exact) mass is 314 g/mol. The van der Waals surface area contributed by atoms with E-state index in [1.165, 1.54) is 0 Å². The molecule has 5 heteroatoms. The minimum absolute atomic E-state index is 0. The van der Waals surface area contributed by atoms with Gasteiger partial charge in [0.25, 0.3) is 5.91 Å². The van der Waals surface area contributed by atoms with Crippen molar-refractivity contribution < 1.29 is 4.79 Å². The Labute approximate surface area is 131 Å². The SMILES string of the molecule is CC(C)Sc1ccccc1C(=O)N(C)C1CCNC1.Cl. The number of thioether (sulfide) groups is 1. The normalized spacial score (nSPS) is 17.9. The molecule has 1 aliphatic heterocycles. The molecule has 112 valence electrons. The predicted octanol–water partition coefficient (Wildman–Crippen LogP) is 3.04. The summed E-state index contributed by atoms with van der Waals surface area (Å²) in [6.07, 6.45) is 1.04. The van der Waals surface area contributed by atoms with Gasteiger partial charge in [0, 0.05) is 29.8 Å². The van der Waals surface area contributed by atoms with E-state index in [-0.39, 0.29) is 18.3 Å². The van der Waals surface area contributed by atoms with Crippen molar-refractivity contribution in [3.05, 3.63) is 29.8 Å². The van der Waals surface area contributed by atoms with Crippen LogP contribution in [0.1, 0.15) is 30.6 Å². The molecule has 1 N–H and O–H groups in total. The fraction of sp³-hybridized carbons (Fsp3) is 0.533. The summed E-state index contributed by atoms with van der Waals surface area (Å²) < 4.78 is 0. The van der Waals surface area contributed by atoms with E-state index < -0.39 is 0 Å². The third kappa shape index (κ3) is 4.14. The zero-order valence-electron chi connectivity index (χ0n) is 12.3. The average molecular weight is 315 g/mol. The number of nitrogens with zero attached hydrogens (tertiary/aromatic N) is 1. The summed E-state index contributed by atoms with van der Waals surface area (Å²) in [6, 6.07) is 8.24. The van der Waals surface area contributed by atoms with Gasteiger partial charge in [0.1, 0.15) is 0 Å². The highest BCUT2D eigenvalue weighted by atomic mass is 35.5. The quantitative estimate of drug-likeness (QED) is 0.867. The first kappa shape index (κ1) is 17.3. The largest absolute Gasteiger partial charge is 0.337 e. The van der Waals surface area contributed by atoms with Gasteiger partial charge < -0.3 is 10.2 Å². The number of carbonyl (C=O) groups is 1. The fourth-order valence-corrected chi connectivity index (χ4v) is 3.27. The van der Waals surface area contributed by atoms with E-state index in [2.05, 4.69) is 19.2 Å². The molecule has 20 heavy (non-hydrogen) atoms. The van der Waals surface area contributed by atoms with Crippen LogP contribution in [-0.4, -0.2) is 42.2 Å². The predicted molar refractivity (Wildman–Crippen MR) is 88.1 cm³/mol. The molecule has 1 saturated heterocycles. The highest BCUT2D eigenvalue weighted by Gasteiger charge is 2.25. The molecule has 0 aliphatic carbocycles. The van der Waals surface area contributed by atoms with Gasteiger partial charge in [-0.1, -0.05) is 26.0 Å². The summed E-state index contributed by atoms with van der Waals surface area (Å²) in [6.45, 7) is 6.21. The zero-order chi connectivity index (χ0) is 13.8. The molecule has 0 saturated carbocycles. The molecule has 0 bridgehead atoms. The van der Waals surface area contributed by atoms with E-state index in [9.17, 15) is 4.79 Å². The molecule has 2 rings (SSSR count). The number of nitrogens with one attached hydrogen (secondary N) is 1. The van der Waals surface area contributed by atoms with Crippen LogP contribution in [0.5, 0.6) is 0 Å². The standard InChI is InChI=1S/C15H22N2OS.ClH/c1-11(2)19-14-7-5-4-6-13(14)15(18)17(3)12-8-9-16-10-12;/h4-7,11-12,16H,8-10H2,1-3H3;1H. The minimum Gasteiger partial charge on any atom is -0.337 e. The van der Waals surface area contributed by atoms with Gasteiger partial charge >= 0.3 is 0 Å². The first-order valence-corrected chi connectivity index (χ1v) is 7.71. The van der Waals surface area contributed by atoms with Crippen molar-refractivity contribution in [2.75, 3.05) is 20.1 Å². The van der Waals surface area contributed by atoms with Crippen LogP contribution in [0.25, 0.3) is 0 Å². The molecule has 1 fully saturated rings. The molecule has 3 nitrogen and oxygen atoms in total. The molecule has 1 unspecified atom stereocenters. The molecule has 1 amide bonds. The first-order chi connectivity index (χ1) is 9.09. The lowest BCUT2D eigenvalue weighted by atomic mass is 10.1. The second-order valence-corrected chi connectivity index (χ2v) is 6.84. The van der Waals surface area contributed by atoms with Gasteiger partial charge in [0.2, 0.25) is 0 Å². The number of likely N-dealkylation sites (N-methyl/N-ethyl adjacent to an activating group) is 1. The van der Waals surface area contributed by atoms with E-state index in [0.29, 0.717) is 11.3 Å². The van der Waals surface area contributed by atoms with E-state index >= 15 is 0 Å². The number of amides is 1. The summed E-state index contributed by atoms with van der Waals surface area (Å²) in [7, 11) is 1.91. The Morgan fingerprint density at radius 2 is 2.10 bits per heavy atom. The molecular formula is C15H23ClN2OS. The topological polar surface area (TPSA) is 32.3 Å². The maximum Gasteiger partial charge on any atom is 0.255 e. The van der Waals surface area contributed by atoms with Crippen LogP contribution in [0.2, 0.25) is 0 Å². The van der Waals surface area contributed by atoms with E-state index in [0.717, 1.165) is 30.0 Å². The summed E-state index contributed by atoms with van der Waals surface area (Å²) in [5.41, 5.74) is 0.829. The number of halogens is 1. The van der Waals surface area contributed by atoms with Crippen molar-refractivity contribution in [1.82, 2.24) is 10.2 Å². The Hall–Kier alpha value is -0.710. The number of benzene rings is 1. The summed E-state index contributed by atoms with van der Waals surface area (Å²) in [5, 5.41) is 3.79. The third-order valence-electron chi connectivity index (χ3n) is 3.38. The molecule has 0 spiro atoms. The van der Waals surface area contributed by atoms with Crippen LogP contribution in [0.3, 0.4) is 0 Å². The van der Waals surface area contributed by atoms with E-state index in [4.69, 9.17) is 0 Å². The van der Waals surface area contributed by atoms with Crippen LogP contribution in [-0.2, 0) is 0 Å². The van der Waals surface area contributed by atoms with Crippen molar-refractivity contribution in [2.24, 2.45) is 0 Å². The lowest BCUT2D eigenvalue weighted by Crippen LogP contribution is -2.38. The van der Waals surface area contributed by atoms with Crippen LogP contribution in [0.15, 0.2) is 29.2 Å². The molecule has 1 aromatic carbocycles. The number of hydrogen-bond acceptors (Lipinski definition) is 3. The second kappa shape index (κ2) is 7.91. The number of hydrogen-bond donors (Lipinski definition) is 1. The van der Waals surface area contributed by atoms with Gasteiger partial charge in [-0.3, -0.25) is 4.79 Å². The highest BCUT2D eigenvalue weighted by molar-refractivity contribution is 8.00. The Bertz CT molecular complexity index is 447. The van der Waals surface area contributed by atoms with Crippen molar-refractivity contribution in [3.8, 4) is 0 Å². The van der Waals surface area contributed by atoms with Gasteiger partial charge in [0.15, 0.2) is 0 Å². The zero-order valence-corrected chi connectivity index (χ0v) is 13.9. The molecule has 1 aromatic rings. The smallest absolute Gasteiger partial charge is 0.255 e. The Morgan fingerprint density at radius 3 is 2.70 bits per heavy atom. The molecule has 0 radical (unpaired) electrons. The van der Waals surface area contributed by atoms with Crippen molar-refractivity contribution >= 4 is 30.1 Å². The number of rotatable bonds is 4. The Morgan fingerprint density at radius 1 is 1.40 bits per heavy atom. The average Bonchev–Trinajstić information content (AvgIpc) is 2.91.